The van der Waals surface area contributed by atoms with Gasteiger partial charge in [-0.05, 0) is 31.2 Å². The van der Waals surface area contributed by atoms with E-state index >= 15 is 0 Å². The molecule has 5 N–H and O–H groups in total. The number of nitrogen functional groups attached to an aromatic ring is 1. The zero-order valence-corrected chi connectivity index (χ0v) is 15.7. The van der Waals surface area contributed by atoms with E-state index in [1.165, 1.54) is 6.33 Å². The number of carbonyl (C=O) groups excluding carboxylic acids is 1. The highest BCUT2D eigenvalue weighted by Gasteiger charge is 2.12. The molecule has 0 radical (unpaired) electrons. The van der Waals surface area contributed by atoms with Gasteiger partial charge in [0.25, 0.3) is 5.91 Å². The summed E-state index contributed by atoms with van der Waals surface area (Å²) in [6.45, 7) is 1.96. The number of carbonyl (C=O) groups is 1. The second kappa shape index (κ2) is 7.81. The number of benzene rings is 2. The summed E-state index contributed by atoms with van der Waals surface area (Å²) in [5.74, 6) is 0.400. The fourth-order valence-electron chi connectivity index (χ4n) is 2.82. The summed E-state index contributed by atoms with van der Waals surface area (Å²) in [5, 5.41) is 4.18. The lowest BCUT2D eigenvalue weighted by Gasteiger charge is -2.14. The van der Waals surface area contributed by atoms with Crippen LogP contribution in [0, 0.1) is 6.92 Å². The van der Waals surface area contributed by atoms with Crippen LogP contribution < -0.4 is 21.9 Å². The summed E-state index contributed by atoms with van der Waals surface area (Å²) >= 11 is 0. The van der Waals surface area contributed by atoms with Gasteiger partial charge in [0.1, 0.15) is 12.0 Å². The standard InChI is InChI=1S/C21H19N7O/c1-13-7-9-15(10-8-13)21(29)28-27-20-17(22)19(24-12-25-20)26-16-6-2-4-14-5-3-11-23-18(14)16/h2-12H,22H2,1H3,(H,28,29)(H2,24,25,26,27). The molecule has 0 bridgehead atoms. The fraction of sp³-hybridized carbons (Fsp3) is 0.0476. The van der Waals surface area contributed by atoms with Crippen molar-refractivity contribution in [2.45, 2.75) is 6.92 Å². The monoisotopic (exact) mass is 385 g/mol. The van der Waals surface area contributed by atoms with Gasteiger partial charge in [-0.2, -0.15) is 0 Å². The van der Waals surface area contributed by atoms with Gasteiger partial charge in [-0.3, -0.25) is 20.6 Å². The number of fused-ring (bicyclic) bond motifs is 1. The van der Waals surface area contributed by atoms with Crippen LogP contribution in [0.4, 0.5) is 23.0 Å². The van der Waals surface area contributed by atoms with Crippen molar-refractivity contribution in [2.24, 2.45) is 0 Å². The zero-order chi connectivity index (χ0) is 20.2. The van der Waals surface area contributed by atoms with Gasteiger partial charge in [0.05, 0.1) is 11.2 Å². The van der Waals surface area contributed by atoms with E-state index in [2.05, 4.69) is 31.1 Å². The Bertz CT molecular complexity index is 1170. The number of nitrogens with two attached hydrogens (primary N) is 1. The predicted molar refractivity (Wildman–Crippen MR) is 114 cm³/mol. The number of aryl methyl sites for hydroxylation is 1. The minimum absolute atomic E-state index is 0.268. The molecule has 0 spiro atoms. The number of hydrazine groups is 1. The number of amides is 1. The van der Waals surface area contributed by atoms with E-state index in [4.69, 9.17) is 5.73 Å². The molecular weight excluding hydrogens is 366 g/mol. The first-order valence-electron chi connectivity index (χ1n) is 8.96. The number of nitrogens with zero attached hydrogens (tertiary/aromatic N) is 3. The number of hydrogen-bond donors (Lipinski definition) is 4. The van der Waals surface area contributed by atoms with E-state index < -0.39 is 0 Å². The van der Waals surface area contributed by atoms with E-state index in [1.54, 1.807) is 18.3 Å². The molecule has 0 aliphatic rings. The zero-order valence-electron chi connectivity index (χ0n) is 15.7. The average molecular weight is 385 g/mol. The molecule has 4 aromatic rings. The van der Waals surface area contributed by atoms with Crippen molar-refractivity contribution in [1.82, 2.24) is 20.4 Å². The first-order chi connectivity index (χ1) is 14.1. The number of aromatic nitrogens is 3. The van der Waals surface area contributed by atoms with Crippen molar-refractivity contribution in [3.8, 4) is 0 Å². The van der Waals surface area contributed by atoms with Gasteiger partial charge in [0, 0.05) is 17.1 Å². The molecule has 0 saturated heterocycles. The number of nitrogens with one attached hydrogen (secondary N) is 3. The number of pyridine rings is 1. The van der Waals surface area contributed by atoms with Crippen LogP contribution in [0.1, 0.15) is 15.9 Å². The average Bonchev–Trinajstić information content (AvgIpc) is 2.75. The van der Waals surface area contributed by atoms with Gasteiger partial charge in [-0.25, -0.2) is 9.97 Å². The molecule has 29 heavy (non-hydrogen) atoms. The first kappa shape index (κ1) is 18.2. The van der Waals surface area contributed by atoms with Crippen LogP contribution in [-0.2, 0) is 0 Å². The van der Waals surface area contributed by atoms with Crippen molar-refractivity contribution in [2.75, 3.05) is 16.5 Å². The quantitative estimate of drug-likeness (QED) is 0.389. The van der Waals surface area contributed by atoms with Crippen LogP contribution in [0.3, 0.4) is 0 Å². The fourth-order valence-corrected chi connectivity index (χ4v) is 2.82. The highest BCUT2D eigenvalue weighted by Crippen LogP contribution is 2.28. The van der Waals surface area contributed by atoms with Gasteiger partial charge in [0.15, 0.2) is 11.6 Å². The maximum Gasteiger partial charge on any atom is 0.269 e. The van der Waals surface area contributed by atoms with Crippen molar-refractivity contribution >= 4 is 39.8 Å². The molecule has 0 unspecified atom stereocenters. The smallest absolute Gasteiger partial charge is 0.269 e. The molecular formula is C21H19N7O. The Labute approximate surface area is 167 Å². The lowest BCUT2D eigenvalue weighted by Crippen LogP contribution is -2.30. The molecule has 0 saturated carbocycles. The molecule has 8 nitrogen and oxygen atoms in total. The Morgan fingerprint density at radius 2 is 1.69 bits per heavy atom. The predicted octanol–water partition coefficient (Wildman–Crippen LogP) is 3.42. The Morgan fingerprint density at radius 3 is 2.52 bits per heavy atom. The molecule has 0 aliphatic carbocycles. The molecule has 0 aliphatic heterocycles. The van der Waals surface area contributed by atoms with E-state index in [9.17, 15) is 4.79 Å². The van der Waals surface area contributed by atoms with Crippen LogP contribution in [-0.4, -0.2) is 20.9 Å². The van der Waals surface area contributed by atoms with E-state index in [1.807, 2.05) is 49.4 Å². The van der Waals surface area contributed by atoms with Gasteiger partial charge in [-0.1, -0.05) is 35.9 Å². The van der Waals surface area contributed by atoms with Crippen LogP contribution in [0.15, 0.2) is 67.1 Å². The minimum Gasteiger partial charge on any atom is -0.393 e. The Balaban J connectivity index is 1.53. The second-order valence-corrected chi connectivity index (χ2v) is 6.44. The molecule has 144 valence electrons. The van der Waals surface area contributed by atoms with Crippen molar-refractivity contribution in [3.05, 3.63) is 78.2 Å². The molecule has 2 heterocycles. The van der Waals surface area contributed by atoms with E-state index in [0.717, 1.165) is 22.2 Å². The van der Waals surface area contributed by atoms with Crippen LogP contribution in [0.25, 0.3) is 10.9 Å². The van der Waals surface area contributed by atoms with Gasteiger partial charge >= 0.3 is 0 Å². The number of hydrogen-bond acceptors (Lipinski definition) is 7. The van der Waals surface area contributed by atoms with E-state index in [-0.39, 0.29) is 17.4 Å². The van der Waals surface area contributed by atoms with E-state index in [0.29, 0.717) is 11.4 Å². The van der Waals surface area contributed by atoms with Crippen molar-refractivity contribution < 1.29 is 4.79 Å². The van der Waals surface area contributed by atoms with Gasteiger partial charge in [0.2, 0.25) is 0 Å². The van der Waals surface area contributed by atoms with Crippen molar-refractivity contribution in [3.63, 3.8) is 0 Å². The second-order valence-electron chi connectivity index (χ2n) is 6.44. The summed E-state index contributed by atoms with van der Waals surface area (Å²) in [7, 11) is 0. The first-order valence-corrected chi connectivity index (χ1v) is 8.96. The molecule has 2 aromatic carbocycles. The van der Waals surface area contributed by atoms with Crippen LogP contribution in [0.5, 0.6) is 0 Å². The number of anilines is 4. The van der Waals surface area contributed by atoms with Gasteiger partial charge < -0.3 is 11.1 Å². The lowest BCUT2D eigenvalue weighted by molar-refractivity contribution is 0.0962. The summed E-state index contributed by atoms with van der Waals surface area (Å²) < 4.78 is 0. The SMILES string of the molecule is Cc1ccc(C(=O)NNc2ncnc(Nc3cccc4cccnc34)c2N)cc1. The maximum absolute atomic E-state index is 12.3. The maximum atomic E-state index is 12.3. The summed E-state index contributed by atoms with van der Waals surface area (Å²) in [4.78, 5) is 25.0. The van der Waals surface area contributed by atoms with Crippen LogP contribution >= 0.6 is 0 Å². The topological polar surface area (TPSA) is 118 Å². The Morgan fingerprint density at radius 1 is 0.931 bits per heavy atom. The number of para-hydroxylation sites is 1. The third-order valence-corrected chi connectivity index (χ3v) is 4.38. The highest BCUT2D eigenvalue weighted by molar-refractivity contribution is 5.96. The molecule has 0 fully saturated rings. The van der Waals surface area contributed by atoms with Gasteiger partial charge in [-0.15, -0.1) is 0 Å². The van der Waals surface area contributed by atoms with Crippen molar-refractivity contribution in [1.29, 1.82) is 0 Å². The highest BCUT2D eigenvalue weighted by atomic mass is 16.2. The molecule has 0 atom stereocenters. The van der Waals surface area contributed by atoms with Crippen LogP contribution in [0.2, 0.25) is 0 Å². The molecule has 8 heteroatoms. The largest absolute Gasteiger partial charge is 0.393 e. The third kappa shape index (κ3) is 3.91. The third-order valence-electron chi connectivity index (χ3n) is 4.38. The Kier molecular flexibility index (Phi) is 4.90. The normalized spacial score (nSPS) is 10.5. The number of rotatable bonds is 5. The summed E-state index contributed by atoms with van der Waals surface area (Å²) in [6, 6.07) is 16.9. The molecule has 2 aromatic heterocycles. The molecule has 1 amide bonds. The summed E-state index contributed by atoms with van der Waals surface area (Å²) in [6.07, 6.45) is 3.09. The lowest BCUT2D eigenvalue weighted by atomic mass is 10.1. The Hall–Kier alpha value is -4.20. The summed E-state index contributed by atoms with van der Waals surface area (Å²) in [5.41, 5.74) is 15.0. The molecule has 4 rings (SSSR count). The minimum atomic E-state index is -0.296.